The van der Waals surface area contributed by atoms with E-state index >= 15 is 0 Å². The second kappa shape index (κ2) is 6.56. The van der Waals surface area contributed by atoms with Gasteiger partial charge in [-0.1, -0.05) is 0 Å². The normalized spacial score (nSPS) is 33.4. The molecular weight excluding hydrogens is 304 g/mol. The Balaban J connectivity index is 2.95. The van der Waals surface area contributed by atoms with Crippen molar-refractivity contribution in [3.8, 4) is 0 Å². The van der Waals surface area contributed by atoms with Crippen LogP contribution in [-0.2, 0) is 28.5 Å². The van der Waals surface area contributed by atoms with Gasteiger partial charge in [0.25, 0.3) is 0 Å². The lowest BCUT2D eigenvalue weighted by Gasteiger charge is -2.40. The lowest BCUT2D eigenvalue weighted by atomic mass is 10.0. The average Bonchev–Trinajstić information content (AvgIpc) is 2.27. The van der Waals surface area contributed by atoms with Crippen molar-refractivity contribution in [1.29, 1.82) is 0 Å². The molecule has 0 unspecified atom stereocenters. The van der Waals surface area contributed by atoms with Crippen LogP contribution in [-0.4, -0.2) is 49.1 Å². The summed E-state index contributed by atoms with van der Waals surface area (Å²) in [6, 6.07) is 0. The van der Waals surface area contributed by atoms with Crippen molar-refractivity contribution >= 4 is 11.9 Å². The molecule has 10 heteroatoms. The highest BCUT2D eigenvalue weighted by molar-refractivity contribution is 5.67. The lowest BCUT2D eigenvalue weighted by molar-refractivity contribution is -0.408. The van der Waals surface area contributed by atoms with Gasteiger partial charge in [0.15, 0.2) is 18.4 Å². The zero-order valence-corrected chi connectivity index (χ0v) is 11.3. The monoisotopic (exact) mass is 318 g/mol. The van der Waals surface area contributed by atoms with Crippen LogP contribution in [0.2, 0.25) is 0 Å². The summed E-state index contributed by atoms with van der Waals surface area (Å²) in [6.45, 7) is 3.20. The molecule has 1 heterocycles. The third-order valence-corrected chi connectivity index (χ3v) is 2.56. The molecule has 0 radical (unpaired) electrons. The van der Waals surface area contributed by atoms with Crippen molar-refractivity contribution in [2.24, 2.45) is 0 Å². The molecule has 1 saturated heterocycles. The molecule has 1 fully saturated rings. The topological polar surface area (TPSA) is 71.1 Å². The Bertz CT molecular complexity index is 399. The summed E-state index contributed by atoms with van der Waals surface area (Å²) in [7, 11) is 0. The van der Waals surface area contributed by atoms with Gasteiger partial charge in [0.05, 0.1) is 6.10 Å². The van der Waals surface area contributed by atoms with Crippen LogP contribution < -0.4 is 0 Å². The Morgan fingerprint density at radius 3 is 1.95 bits per heavy atom. The van der Waals surface area contributed by atoms with E-state index < -0.39 is 49.1 Å². The zero-order chi connectivity index (χ0) is 16.4. The molecule has 0 aromatic rings. The van der Waals surface area contributed by atoms with Crippen LogP contribution in [0.15, 0.2) is 0 Å². The standard InChI is InChI=1S/C11H14F4O6/c1-4-8(19-5(2)16)9(20-6(3)17)7(12)10(18-4)21-11(13,14)15/h4,7-10H,1-3H3/t4-,7-,8-,9-,10-/m0/s1. The molecule has 0 aromatic heterocycles. The number of carbonyl (C=O) groups excluding carboxylic acids is 2. The molecule has 6 nitrogen and oxygen atoms in total. The number of alkyl halides is 4. The first-order valence-electron chi connectivity index (χ1n) is 5.89. The largest absolute Gasteiger partial charge is 0.524 e. The first kappa shape index (κ1) is 17.6. The van der Waals surface area contributed by atoms with Crippen LogP contribution in [0.1, 0.15) is 20.8 Å². The number of esters is 2. The number of ether oxygens (including phenoxy) is 4. The van der Waals surface area contributed by atoms with E-state index in [2.05, 4.69) is 9.47 Å². The summed E-state index contributed by atoms with van der Waals surface area (Å²) in [6.07, 6.45) is -14.2. The molecular formula is C11H14F4O6. The lowest BCUT2D eigenvalue weighted by Crippen LogP contribution is -2.59. The van der Waals surface area contributed by atoms with E-state index in [4.69, 9.17) is 9.47 Å². The molecule has 0 bridgehead atoms. The Labute approximate surface area is 117 Å². The summed E-state index contributed by atoms with van der Waals surface area (Å²) >= 11 is 0. The molecule has 5 atom stereocenters. The highest BCUT2D eigenvalue weighted by atomic mass is 19.4. The molecule has 0 spiro atoms. The van der Waals surface area contributed by atoms with E-state index in [1.54, 1.807) is 0 Å². The average molecular weight is 318 g/mol. The number of halogens is 4. The minimum atomic E-state index is -5.14. The molecule has 0 N–H and O–H groups in total. The van der Waals surface area contributed by atoms with E-state index in [0.29, 0.717) is 0 Å². The zero-order valence-electron chi connectivity index (χ0n) is 11.3. The number of rotatable bonds is 3. The fraction of sp³-hybridized carbons (Fsp3) is 0.818. The van der Waals surface area contributed by atoms with E-state index in [0.717, 1.165) is 13.8 Å². The van der Waals surface area contributed by atoms with Gasteiger partial charge in [0.2, 0.25) is 6.29 Å². The number of carbonyl (C=O) groups is 2. The third-order valence-electron chi connectivity index (χ3n) is 2.56. The van der Waals surface area contributed by atoms with E-state index in [1.807, 2.05) is 0 Å². The Hall–Kier alpha value is -1.42. The highest BCUT2D eigenvalue weighted by Gasteiger charge is 2.52. The number of hydrogen-bond acceptors (Lipinski definition) is 6. The second-order valence-electron chi connectivity index (χ2n) is 4.37. The maximum absolute atomic E-state index is 14.1. The Kier molecular flexibility index (Phi) is 5.51. The summed E-state index contributed by atoms with van der Waals surface area (Å²) in [5, 5.41) is 0. The Morgan fingerprint density at radius 1 is 1.05 bits per heavy atom. The smallest absolute Gasteiger partial charge is 0.456 e. The van der Waals surface area contributed by atoms with E-state index in [9.17, 15) is 27.2 Å². The Morgan fingerprint density at radius 2 is 1.52 bits per heavy atom. The predicted molar refractivity (Wildman–Crippen MR) is 57.5 cm³/mol. The molecule has 0 aromatic carbocycles. The van der Waals surface area contributed by atoms with Gasteiger partial charge in [-0.25, -0.2) is 4.39 Å². The van der Waals surface area contributed by atoms with E-state index in [1.165, 1.54) is 6.92 Å². The van der Waals surface area contributed by atoms with Crippen molar-refractivity contribution in [2.75, 3.05) is 0 Å². The molecule has 1 aliphatic heterocycles. The van der Waals surface area contributed by atoms with Gasteiger partial charge in [-0.05, 0) is 6.92 Å². The van der Waals surface area contributed by atoms with Gasteiger partial charge >= 0.3 is 18.3 Å². The first-order valence-corrected chi connectivity index (χ1v) is 5.89. The molecule has 0 saturated carbocycles. The number of hydrogen-bond donors (Lipinski definition) is 0. The van der Waals surface area contributed by atoms with Gasteiger partial charge < -0.3 is 14.2 Å². The maximum atomic E-state index is 14.1. The summed E-state index contributed by atoms with van der Waals surface area (Å²) in [5.41, 5.74) is 0. The van der Waals surface area contributed by atoms with Crippen molar-refractivity contribution in [2.45, 2.75) is 57.9 Å². The molecule has 21 heavy (non-hydrogen) atoms. The van der Waals surface area contributed by atoms with Gasteiger partial charge in [0.1, 0.15) is 0 Å². The van der Waals surface area contributed by atoms with Crippen LogP contribution >= 0.6 is 0 Å². The first-order chi connectivity index (χ1) is 9.51. The highest BCUT2D eigenvalue weighted by Crippen LogP contribution is 2.32. The van der Waals surface area contributed by atoms with E-state index in [-0.39, 0.29) is 0 Å². The SMILES string of the molecule is CC(=O)O[C@@H]1[C@@H](OC(C)=O)[C@H](F)[C@H](OC(F)(F)F)O[C@H]1C. The quantitative estimate of drug-likeness (QED) is 0.580. The summed E-state index contributed by atoms with van der Waals surface area (Å²) < 4.78 is 68.2. The van der Waals surface area contributed by atoms with Crippen LogP contribution in [0.3, 0.4) is 0 Å². The van der Waals surface area contributed by atoms with Gasteiger partial charge in [-0.2, -0.15) is 0 Å². The van der Waals surface area contributed by atoms with Gasteiger partial charge in [0, 0.05) is 13.8 Å². The summed E-state index contributed by atoms with van der Waals surface area (Å²) in [5.74, 6) is -1.77. The fourth-order valence-electron chi connectivity index (χ4n) is 1.87. The molecule has 0 aliphatic carbocycles. The molecule has 1 rings (SSSR count). The molecule has 1 aliphatic rings. The second-order valence-corrected chi connectivity index (χ2v) is 4.37. The summed E-state index contributed by atoms with van der Waals surface area (Å²) in [4.78, 5) is 21.9. The van der Waals surface area contributed by atoms with Crippen molar-refractivity contribution in [3.05, 3.63) is 0 Å². The fourth-order valence-corrected chi connectivity index (χ4v) is 1.87. The molecule has 122 valence electrons. The predicted octanol–water partition coefficient (Wildman–Crippen LogP) is 1.47. The molecule has 0 amide bonds. The van der Waals surface area contributed by atoms with Gasteiger partial charge in [-0.3, -0.25) is 14.3 Å². The van der Waals surface area contributed by atoms with Crippen LogP contribution in [0, 0.1) is 0 Å². The minimum absolute atomic E-state index is 0.824. The third kappa shape index (κ3) is 5.12. The van der Waals surface area contributed by atoms with Crippen molar-refractivity contribution in [3.63, 3.8) is 0 Å². The van der Waals surface area contributed by atoms with Crippen LogP contribution in [0.25, 0.3) is 0 Å². The van der Waals surface area contributed by atoms with Gasteiger partial charge in [-0.15, -0.1) is 13.2 Å². The minimum Gasteiger partial charge on any atom is -0.456 e. The van der Waals surface area contributed by atoms with Crippen molar-refractivity contribution in [1.82, 2.24) is 0 Å². The van der Waals surface area contributed by atoms with Crippen LogP contribution in [0.4, 0.5) is 17.6 Å². The van der Waals surface area contributed by atoms with Crippen LogP contribution in [0.5, 0.6) is 0 Å². The van der Waals surface area contributed by atoms with Crippen molar-refractivity contribution < 1.29 is 46.1 Å². The maximum Gasteiger partial charge on any atom is 0.524 e.